The van der Waals surface area contributed by atoms with Gasteiger partial charge < -0.3 is 10.1 Å². The zero-order valence-electron chi connectivity index (χ0n) is 18.6. The molecule has 0 fully saturated rings. The highest BCUT2D eigenvalue weighted by Gasteiger charge is 2.25. The minimum atomic E-state index is 0.0892. The lowest BCUT2D eigenvalue weighted by Crippen LogP contribution is -2.11. The van der Waals surface area contributed by atoms with Gasteiger partial charge in [-0.1, -0.05) is 12.1 Å². The number of thiazole rings is 1. The first kappa shape index (κ1) is 22.4. The highest BCUT2D eigenvalue weighted by molar-refractivity contribution is 7.99. The molecule has 1 amide bonds. The fourth-order valence-electron chi connectivity index (χ4n) is 4.14. The van der Waals surface area contributed by atoms with Crippen molar-refractivity contribution in [3.8, 4) is 16.3 Å². The molecule has 4 nitrogen and oxygen atoms in total. The number of para-hydroxylation sites is 1. The summed E-state index contributed by atoms with van der Waals surface area (Å²) in [4.78, 5) is 20.4. The van der Waals surface area contributed by atoms with Crippen molar-refractivity contribution in [3.63, 3.8) is 0 Å². The molecule has 1 aliphatic carbocycles. The summed E-state index contributed by atoms with van der Waals surface area (Å²) in [5, 5.41) is 5.25. The third-order valence-electron chi connectivity index (χ3n) is 5.81. The molecule has 0 spiro atoms. The first-order valence-corrected chi connectivity index (χ1v) is 13.9. The van der Waals surface area contributed by atoms with Crippen LogP contribution in [0.1, 0.15) is 36.1 Å². The van der Waals surface area contributed by atoms with Gasteiger partial charge in [-0.15, -0.1) is 34.4 Å². The van der Waals surface area contributed by atoms with Gasteiger partial charge in [-0.3, -0.25) is 4.79 Å². The summed E-state index contributed by atoms with van der Waals surface area (Å²) in [6.07, 6.45) is 5.97. The van der Waals surface area contributed by atoms with Crippen molar-refractivity contribution >= 4 is 55.6 Å². The second-order valence-electron chi connectivity index (χ2n) is 8.08. The fourth-order valence-corrected chi connectivity index (χ4v) is 7.41. The van der Waals surface area contributed by atoms with Crippen molar-refractivity contribution in [1.82, 2.24) is 4.98 Å². The Morgan fingerprint density at radius 1 is 1.09 bits per heavy atom. The number of thiophene rings is 1. The monoisotopic (exact) mass is 494 g/mol. The Labute approximate surface area is 206 Å². The number of aryl methyl sites for hydroxylation is 1. The number of nitrogens with one attached hydrogen (secondary N) is 1. The first-order valence-electron chi connectivity index (χ1n) is 11.3. The Morgan fingerprint density at radius 3 is 2.73 bits per heavy atom. The van der Waals surface area contributed by atoms with Crippen molar-refractivity contribution in [1.29, 1.82) is 0 Å². The molecule has 0 unspecified atom stereocenters. The lowest BCUT2D eigenvalue weighted by atomic mass is 9.96. The Kier molecular flexibility index (Phi) is 6.99. The van der Waals surface area contributed by atoms with Crippen LogP contribution in [0, 0.1) is 0 Å². The zero-order chi connectivity index (χ0) is 22.6. The average Bonchev–Trinajstić information content (AvgIpc) is 3.42. The minimum absolute atomic E-state index is 0.0892. The van der Waals surface area contributed by atoms with Crippen LogP contribution in [-0.2, 0) is 17.6 Å². The van der Waals surface area contributed by atoms with Gasteiger partial charge in [0, 0.05) is 21.8 Å². The number of hydrogen-bond donors (Lipinski definition) is 1. The zero-order valence-corrected chi connectivity index (χ0v) is 21.0. The number of nitrogens with zero attached hydrogens (tertiary/aromatic N) is 1. The van der Waals surface area contributed by atoms with E-state index in [0.717, 1.165) is 51.9 Å². The number of amides is 1. The molecule has 0 saturated heterocycles. The Morgan fingerprint density at radius 2 is 1.91 bits per heavy atom. The minimum Gasteiger partial charge on any atom is -0.497 e. The van der Waals surface area contributed by atoms with Crippen LogP contribution in [0.4, 0.5) is 5.00 Å². The molecule has 4 aromatic rings. The summed E-state index contributed by atoms with van der Waals surface area (Å²) < 4.78 is 6.40. The Hall–Kier alpha value is -2.35. The number of aromatic nitrogens is 1. The van der Waals surface area contributed by atoms with Crippen molar-refractivity contribution in [2.45, 2.75) is 43.4 Å². The van der Waals surface area contributed by atoms with Crippen LogP contribution >= 0.6 is 34.4 Å². The summed E-state index contributed by atoms with van der Waals surface area (Å²) in [6.45, 7) is 0. The second-order valence-corrected chi connectivity index (χ2v) is 11.4. The number of thioether (sulfide) groups is 1. The number of benzene rings is 2. The van der Waals surface area contributed by atoms with Crippen LogP contribution in [0.25, 0.3) is 20.8 Å². The summed E-state index contributed by atoms with van der Waals surface area (Å²) >= 11 is 5.25. The molecule has 1 N–H and O–H groups in total. The Balaban J connectivity index is 1.26. The number of rotatable bonds is 8. The third-order valence-corrected chi connectivity index (χ3v) is 9.17. The molecule has 0 atom stereocenters. The molecule has 2 heterocycles. The van der Waals surface area contributed by atoms with Gasteiger partial charge in [0.1, 0.15) is 15.8 Å². The molecular weight excluding hydrogens is 468 g/mol. The van der Waals surface area contributed by atoms with E-state index >= 15 is 0 Å². The number of carbonyl (C=O) groups excluding carboxylic acids is 1. The van der Waals surface area contributed by atoms with Gasteiger partial charge in [-0.2, -0.15) is 0 Å². The SMILES string of the molecule is COc1ccc(SCCCC(=O)Nc2sc3c(c2-c2nc4ccccc4s2)CCCC3)cc1. The molecule has 2 aromatic carbocycles. The van der Waals surface area contributed by atoms with E-state index in [1.165, 1.54) is 32.9 Å². The lowest BCUT2D eigenvalue weighted by molar-refractivity contribution is -0.116. The summed E-state index contributed by atoms with van der Waals surface area (Å²) in [5.74, 6) is 1.86. The van der Waals surface area contributed by atoms with Gasteiger partial charge in [0.15, 0.2) is 0 Å². The first-order chi connectivity index (χ1) is 16.2. The van der Waals surface area contributed by atoms with Gasteiger partial charge in [0.25, 0.3) is 0 Å². The largest absolute Gasteiger partial charge is 0.497 e. The van der Waals surface area contributed by atoms with Gasteiger partial charge in [0.2, 0.25) is 5.91 Å². The molecule has 0 saturated carbocycles. The van der Waals surface area contributed by atoms with Crippen LogP contribution in [0.3, 0.4) is 0 Å². The van der Waals surface area contributed by atoms with Gasteiger partial charge in [-0.25, -0.2) is 4.98 Å². The highest BCUT2D eigenvalue weighted by Crippen LogP contribution is 2.46. The van der Waals surface area contributed by atoms with E-state index in [1.54, 1.807) is 41.5 Å². The van der Waals surface area contributed by atoms with E-state index < -0.39 is 0 Å². The molecule has 0 radical (unpaired) electrons. The van der Waals surface area contributed by atoms with E-state index in [9.17, 15) is 4.79 Å². The molecule has 2 aromatic heterocycles. The Bertz CT molecular complexity index is 1230. The molecule has 0 aliphatic heterocycles. The van der Waals surface area contributed by atoms with Crippen LogP contribution in [0.15, 0.2) is 53.4 Å². The van der Waals surface area contributed by atoms with E-state index in [4.69, 9.17) is 9.72 Å². The highest BCUT2D eigenvalue weighted by atomic mass is 32.2. The average molecular weight is 495 g/mol. The van der Waals surface area contributed by atoms with E-state index in [2.05, 4.69) is 35.6 Å². The smallest absolute Gasteiger partial charge is 0.225 e. The third kappa shape index (κ3) is 5.10. The van der Waals surface area contributed by atoms with Crippen molar-refractivity contribution < 1.29 is 9.53 Å². The van der Waals surface area contributed by atoms with E-state index in [1.807, 2.05) is 18.2 Å². The molecule has 7 heteroatoms. The number of anilines is 1. The summed E-state index contributed by atoms with van der Waals surface area (Å²) in [7, 11) is 1.67. The van der Waals surface area contributed by atoms with Crippen molar-refractivity contribution in [2.24, 2.45) is 0 Å². The second kappa shape index (κ2) is 10.3. The quantitative estimate of drug-likeness (QED) is 0.204. The topological polar surface area (TPSA) is 51.2 Å². The molecule has 33 heavy (non-hydrogen) atoms. The van der Waals surface area contributed by atoms with Gasteiger partial charge >= 0.3 is 0 Å². The number of carbonyl (C=O) groups is 1. The number of ether oxygens (including phenoxy) is 1. The van der Waals surface area contributed by atoms with Crippen molar-refractivity contribution in [2.75, 3.05) is 18.2 Å². The van der Waals surface area contributed by atoms with E-state index in [-0.39, 0.29) is 5.91 Å². The van der Waals surface area contributed by atoms with Crippen LogP contribution in [-0.4, -0.2) is 23.8 Å². The van der Waals surface area contributed by atoms with Gasteiger partial charge in [-0.05, 0) is 79.8 Å². The predicted molar refractivity (Wildman–Crippen MR) is 141 cm³/mol. The summed E-state index contributed by atoms with van der Waals surface area (Å²) in [6, 6.07) is 16.3. The number of hydrogen-bond acceptors (Lipinski definition) is 6. The lowest BCUT2D eigenvalue weighted by Gasteiger charge is -2.11. The maximum Gasteiger partial charge on any atom is 0.225 e. The molecule has 5 rings (SSSR count). The van der Waals surface area contributed by atoms with Crippen LogP contribution in [0.2, 0.25) is 0 Å². The molecule has 0 bridgehead atoms. The predicted octanol–water partition coefficient (Wildman–Crippen LogP) is 7.42. The van der Waals surface area contributed by atoms with Crippen LogP contribution < -0.4 is 10.1 Å². The molecule has 1 aliphatic rings. The van der Waals surface area contributed by atoms with Crippen molar-refractivity contribution in [3.05, 3.63) is 59.0 Å². The fraction of sp³-hybridized carbons (Fsp3) is 0.308. The van der Waals surface area contributed by atoms with E-state index in [0.29, 0.717) is 6.42 Å². The number of fused-ring (bicyclic) bond motifs is 2. The van der Waals surface area contributed by atoms with Crippen LogP contribution in [0.5, 0.6) is 5.75 Å². The standard InChI is InChI=1S/C26H26N2O2S3/c1-30-17-12-14-18(15-13-17)31-16-6-11-23(29)28-26-24(19-7-2-4-9-21(19)32-26)25-27-20-8-3-5-10-22(20)33-25/h3,5,8,10,12-15H,2,4,6-7,9,11,16H2,1H3,(H,28,29). The summed E-state index contributed by atoms with van der Waals surface area (Å²) in [5.41, 5.74) is 3.59. The maximum absolute atomic E-state index is 12.8. The normalized spacial score (nSPS) is 13.1. The molecule has 170 valence electrons. The number of methoxy groups -OCH3 is 1. The molecular formula is C26H26N2O2S3. The van der Waals surface area contributed by atoms with Gasteiger partial charge in [0.05, 0.1) is 17.3 Å². The maximum atomic E-state index is 12.8.